The number of benzene rings is 2. The van der Waals surface area contributed by atoms with Gasteiger partial charge in [0.25, 0.3) is 5.91 Å². The first kappa shape index (κ1) is 26.7. The van der Waals surface area contributed by atoms with Crippen molar-refractivity contribution in [2.24, 2.45) is 4.99 Å². The predicted molar refractivity (Wildman–Crippen MR) is 136 cm³/mol. The second-order valence-electron chi connectivity index (χ2n) is 7.09. The molecule has 31 heavy (non-hydrogen) atoms. The van der Waals surface area contributed by atoms with Gasteiger partial charge in [-0.2, -0.15) is 0 Å². The third kappa shape index (κ3) is 8.74. The number of hydrogen-bond acceptors (Lipinski definition) is 4. The van der Waals surface area contributed by atoms with Gasteiger partial charge in [0.15, 0.2) is 5.96 Å². The second-order valence-corrected chi connectivity index (χ2v) is 7.09. The van der Waals surface area contributed by atoms with Gasteiger partial charge in [-0.25, -0.2) is 0 Å². The SMILES string of the molecule is CCNC(=NCC(O)c1ccc(OC)cc1)NCCc1cccc(C(=O)N(C)C)c1.I. The number of carbonyl (C=O) groups is 1. The number of nitrogens with one attached hydrogen (secondary N) is 2. The van der Waals surface area contributed by atoms with E-state index >= 15 is 0 Å². The zero-order valence-corrected chi connectivity index (χ0v) is 20.9. The molecule has 0 spiro atoms. The molecule has 0 aromatic heterocycles. The molecular weight excluding hydrogens is 507 g/mol. The van der Waals surface area contributed by atoms with E-state index in [-0.39, 0.29) is 36.4 Å². The average Bonchev–Trinajstić information content (AvgIpc) is 2.76. The van der Waals surface area contributed by atoms with Crippen molar-refractivity contribution in [3.05, 3.63) is 65.2 Å². The molecule has 0 saturated carbocycles. The largest absolute Gasteiger partial charge is 0.497 e. The minimum absolute atomic E-state index is 0. The summed E-state index contributed by atoms with van der Waals surface area (Å²) in [5.41, 5.74) is 2.54. The smallest absolute Gasteiger partial charge is 0.253 e. The topological polar surface area (TPSA) is 86.2 Å². The van der Waals surface area contributed by atoms with Gasteiger partial charge in [-0.3, -0.25) is 9.79 Å². The molecule has 1 atom stereocenters. The van der Waals surface area contributed by atoms with Crippen LogP contribution in [0.3, 0.4) is 0 Å². The first-order valence-corrected chi connectivity index (χ1v) is 10.1. The summed E-state index contributed by atoms with van der Waals surface area (Å²) in [5, 5.41) is 16.9. The molecule has 0 aliphatic rings. The number of aliphatic hydroxyl groups excluding tert-OH is 1. The third-order valence-electron chi connectivity index (χ3n) is 4.55. The number of rotatable bonds is 9. The van der Waals surface area contributed by atoms with Crippen molar-refractivity contribution >= 4 is 35.8 Å². The van der Waals surface area contributed by atoms with Crippen LogP contribution in [-0.2, 0) is 6.42 Å². The maximum atomic E-state index is 12.1. The van der Waals surface area contributed by atoms with Crippen LogP contribution in [0.2, 0.25) is 0 Å². The number of hydrogen-bond donors (Lipinski definition) is 3. The van der Waals surface area contributed by atoms with E-state index in [0.29, 0.717) is 18.1 Å². The molecule has 2 aromatic carbocycles. The Bertz CT molecular complexity index is 841. The van der Waals surface area contributed by atoms with Crippen LogP contribution in [0.25, 0.3) is 0 Å². The Morgan fingerprint density at radius 2 is 1.87 bits per heavy atom. The highest BCUT2D eigenvalue weighted by atomic mass is 127. The average molecular weight is 540 g/mol. The van der Waals surface area contributed by atoms with E-state index in [4.69, 9.17) is 4.74 Å². The lowest BCUT2D eigenvalue weighted by molar-refractivity contribution is 0.0827. The number of methoxy groups -OCH3 is 1. The van der Waals surface area contributed by atoms with Gasteiger partial charge in [0, 0.05) is 32.7 Å². The third-order valence-corrected chi connectivity index (χ3v) is 4.55. The van der Waals surface area contributed by atoms with Crippen LogP contribution in [-0.4, -0.2) is 62.7 Å². The number of nitrogens with zero attached hydrogens (tertiary/aromatic N) is 2. The van der Waals surface area contributed by atoms with Crippen LogP contribution in [0.5, 0.6) is 5.75 Å². The van der Waals surface area contributed by atoms with Crippen LogP contribution in [0.15, 0.2) is 53.5 Å². The Kier molecular flexibility index (Phi) is 11.9. The molecule has 1 amide bonds. The van der Waals surface area contributed by atoms with Gasteiger partial charge >= 0.3 is 0 Å². The Labute approximate surface area is 201 Å². The molecule has 170 valence electrons. The fourth-order valence-corrected chi connectivity index (χ4v) is 2.89. The molecule has 2 aromatic rings. The van der Waals surface area contributed by atoms with Crippen molar-refractivity contribution in [3.8, 4) is 5.75 Å². The summed E-state index contributed by atoms with van der Waals surface area (Å²) >= 11 is 0. The van der Waals surface area contributed by atoms with Gasteiger partial charge in [-0.1, -0.05) is 24.3 Å². The summed E-state index contributed by atoms with van der Waals surface area (Å²) in [7, 11) is 5.10. The van der Waals surface area contributed by atoms with E-state index in [0.717, 1.165) is 29.8 Å². The molecule has 0 heterocycles. The Morgan fingerprint density at radius 1 is 1.16 bits per heavy atom. The fraction of sp³-hybridized carbons (Fsp3) is 0.391. The summed E-state index contributed by atoms with van der Waals surface area (Å²) < 4.78 is 5.14. The van der Waals surface area contributed by atoms with E-state index in [1.807, 2.05) is 55.5 Å². The van der Waals surface area contributed by atoms with Crippen molar-refractivity contribution < 1.29 is 14.6 Å². The minimum Gasteiger partial charge on any atom is -0.497 e. The molecule has 1 unspecified atom stereocenters. The maximum absolute atomic E-state index is 12.1. The van der Waals surface area contributed by atoms with Crippen molar-refractivity contribution in [1.29, 1.82) is 0 Å². The van der Waals surface area contributed by atoms with E-state index in [1.165, 1.54) is 0 Å². The second kappa shape index (κ2) is 13.9. The number of amides is 1. The molecule has 0 radical (unpaired) electrons. The van der Waals surface area contributed by atoms with E-state index in [9.17, 15) is 9.90 Å². The number of aliphatic imine (C=N–C) groups is 1. The van der Waals surface area contributed by atoms with Crippen molar-refractivity contribution in [1.82, 2.24) is 15.5 Å². The van der Waals surface area contributed by atoms with Crippen LogP contribution >= 0.6 is 24.0 Å². The molecule has 0 saturated heterocycles. The molecule has 0 bridgehead atoms. The number of halogens is 1. The highest BCUT2D eigenvalue weighted by Crippen LogP contribution is 2.17. The first-order chi connectivity index (χ1) is 14.4. The predicted octanol–water partition coefficient (Wildman–Crippen LogP) is 2.85. The molecule has 2 rings (SSSR count). The lowest BCUT2D eigenvalue weighted by atomic mass is 10.1. The Hall–Kier alpha value is -2.33. The number of aliphatic hydroxyl groups is 1. The maximum Gasteiger partial charge on any atom is 0.253 e. The van der Waals surface area contributed by atoms with Crippen LogP contribution in [0.1, 0.15) is 34.5 Å². The summed E-state index contributed by atoms with van der Waals surface area (Å²) in [5.74, 6) is 1.39. The van der Waals surface area contributed by atoms with Gasteiger partial charge in [-0.05, 0) is 48.7 Å². The van der Waals surface area contributed by atoms with Crippen LogP contribution in [0, 0.1) is 0 Å². The number of guanidine groups is 1. The first-order valence-electron chi connectivity index (χ1n) is 10.1. The van der Waals surface area contributed by atoms with E-state index in [2.05, 4.69) is 15.6 Å². The fourth-order valence-electron chi connectivity index (χ4n) is 2.89. The van der Waals surface area contributed by atoms with E-state index < -0.39 is 6.10 Å². The van der Waals surface area contributed by atoms with Gasteiger partial charge in [0.05, 0.1) is 19.8 Å². The quantitative estimate of drug-likeness (QED) is 0.259. The highest BCUT2D eigenvalue weighted by Gasteiger charge is 2.09. The van der Waals surface area contributed by atoms with Crippen molar-refractivity contribution in [2.75, 3.05) is 40.8 Å². The summed E-state index contributed by atoms with van der Waals surface area (Å²) in [6, 6.07) is 15.0. The summed E-state index contributed by atoms with van der Waals surface area (Å²) in [6.07, 6.45) is 0.0556. The van der Waals surface area contributed by atoms with Gasteiger partial charge in [-0.15, -0.1) is 24.0 Å². The molecule has 7 nitrogen and oxygen atoms in total. The van der Waals surface area contributed by atoms with Crippen molar-refractivity contribution in [2.45, 2.75) is 19.4 Å². The molecule has 0 aliphatic heterocycles. The lowest BCUT2D eigenvalue weighted by Gasteiger charge is -2.14. The normalized spacial score (nSPS) is 11.8. The zero-order valence-electron chi connectivity index (χ0n) is 18.6. The number of ether oxygens (including phenoxy) is 1. The summed E-state index contributed by atoms with van der Waals surface area (Å²) in [4.78, 5) is 18.2. The molecule has 0 aliphatic carbocycles. The van der Waals surface area contributed by atoms with E-state index in [1.54, 1.807) is 26.1 Å². The minimum atomic E-state index is -0.694. The lowest BCUT2D eigenvalue weighted by Crippen LogP contribution is -2.38. The van der Waals surface area contributed by atoms with Gasteiger partial charge in [0.1, 0.15) is 5.75 Å². The Balaban J connectivity index is 0.00000480. The van der Waals surface area contributed by atoms with Gasteiger partial charge in [0.2, 0.25) is 0 Å². The van der Waals surface area contributed by atoms with Crippen LogP contribution in [0.4, 0.5) is 0 Å². The standard InChI is InChI=1S/C23H32N4O3.HI/c1-5-24-23(26-16-21(28)18-9-11-20(30-4)12-10-18)25-14-13-17-7-6-8-19(15-17)22(29)27(2)3;/h6-12,15,21,28H,5,13-14,16H2,1-4H3,(H2,24,25,26);1H. The van der Waals surface area contributed by atoms with Crippen LogP contribution < -0.4 is 15.4 Å². The van der Waals surface area contributed by atoms with Crippen molar-refractivity contribution in [3.63, 3.8) is 0 Å². The summed E-state index contributed by atoms with van der Waals surface area (Å²) in [6.45, 7) is 3.61. The zero-order chi connectivity index (χ0) is 21.9. The Morgan fingerprint density at radius 3 is 2.48 bits per heavy atom. The van der Waals surface area contributed by atoms with Gasteiger partial charge < -0.3 is 25.4 Å². The molecule has 0 fully saturated rings. The molecule has 8 heteroatoms. The monoisotopic (exact) mass is 540 g/mol. The highest BCUT2D eigenvalue weighted by molar-refractivity contribution is 14.0. The number of carbonyl (C=O) groups excluding carboxylic acids is 1. The molecule has 3 N–H and O–H groups in total. The molecular formula is C23H33IN4O3.